The van der Waals surface area contributed by atoms with Crippen LogP contribution in [-0.4, -0.2) is 0 Å². The van der Waals surface area contributed by atoms with Crippen molar-refractivity contribution >= 4 is 21.6 Å². The van der Waals surface area contributed by atoms with Gasteiger partial charge in [-0.2, -0.15) is 0 Å². The van der Waals surface area contributed by atoms with Crippen molar-refractivity contribution in [2.75, 3.05) is 5.73 Å². The van der Waals surface area contributed by atoms with Gasteiger partial charge in [0, 0.05) is 10.2 Å². The molecule has 0 atom stereocenters. The Hall–Kier alpha value is -0.500. The molecule has 1 nitrogen and oxygen atoms in total. The summed E-state index contributed by atoms with van der Waals surface area (Å²) < 4.78 is 1.12. The van der Waals surface area contributed by atoms with Gasteiger partial charge in [-0.05, 0) is 52.4 Å². The molecule has 0 saturated carbocycles. The highest BCUT2D eigenvalue weighted by Crippen LogP contribution is 2.32. The second kappa shape index (κ2) is 2.52. The van der Waals surface area contributed by atoms with Crippen molar-refractivity contribution in [2.24, 2.45) is 0 Å². The highest BCUT2D eigenvalue weighted by molar-refractivity contribution is 9.10. The molecule has 0 aliphatic heterocycles. The highest BCUT2D eigenvalue weighted by atomic mass is 79.9. The van der Waals surface area contributed by atoms with Gasteiger partial charge in [0.15, 0.2) is 0 Å². The normalized spacial score (nSPS) is 15.0. The third kappa shape index (κ3) is 1.06. The Morgan fingerprint density at radius 3 is 2.91 bits per heavy atom. The number of nitrogens with two attached hydrogens (primary N) is 1. The third-order valence-corrected chi connectivity index (χ3v) is 3.18. The fourth-order valence-corrected chi connectivity index (χ4v) is 2.22. The molecule has 0 amide bonds. The minimum Gasteiger partial charge on any atom is -0.398 e. The molecule has 0 heterocycles. The molecule has 1 aromatic rings. The molecule has 1 aromatic carbocycles. The van der Waals surface area contributed by atoms with E-state index in [9.17, 15) is 0 Å². The molecule has 58 valence electrons. The number of benzene rings is 1. The molecule has 0 saturated heterocycles. The van der Waals surface area contributed by atoms with Crippen molar-refractivity contribution in [1.82, 2.24) is 0 Å². The lowest BCUT2D eigenvalue weighted by molar-refractivity contribution is 0.910. The van der Waals surface area contributed by atoms with E-state index in [1.54, 1.807) is 0 Å². The van der Waals surface area contributed by atoms with Crippen molar-refractivity contribution in [3.8, 4) is 0 Å². The van der Waals surface area contributed by atoms with Gasteiger partial charge < -0.3 is 5.73 Å². The maximum atomic E-state index is 5.75. The number of hydrogen-bond acceptors (Lipinski definition) is 1. The molecule has 0 aromatic heterocycles. The highest BCUT2D eigenvalue weighted by Gasteiger charge is 2.14. The van der Waals surface area contributed by atoms with E-state index in [1.165, 1.54) is 30.4 Å². The van der Waals surface area contributed by atoms with Gasteiger partial charge in [0.05, 0.1) is 0 Å². The van der Waals surface area contributed by atoms with Crippen molar-refractivity contribution in [2.45, 2.75) is 19.3 Å². The van der Waals surface area contributed by atoms with E-state index in [2.05, 4.69) is 22.0 Å². The molecular weight excluding hydrogens is 202 g/mol. The summed E-state index contributed by atoms with van der Waals surface area (Å²) in [7, 11) is 0. The largest absolute Gasteiger partial charge is 0.398 e. The molecule has 1 aliphatic carbocycles. The molecule has 2 heteroatoms. The van der Waals surface area contributed by atoms with Gasteiger partial charge in [0.1, 0.15) is 0 Å². The number of hydrogen-bond donors (Lipinski definition) is 1. The van der Waals surface area contributed by atoms with Gasteiger partial charge in [-0.25, -0.2) is 0 Å². The van der Waals surface area contributed by atoms with Crippen LogP contribution in [0, 0.1) is 0 Å². The first kappa shape index (κ1) is 7.17. The molecule has 0 unspecified atom stereocenters. The Bertz CT molecular complexity index is 294. The van der Waals surface area contributed by atoms with Crippen LogP contribution in [0.2, 0.25) is 0 Å². The predicted octanol–water partition coefficient (Wildman–Crippen LogP) is 2.52. The van der Waals surface area contributed by atoms with Crippen molar-refractivity contribution < 1.29 is 0 Å². The first-order valence-electron chi connectivity index (χ1n) is 3.85. The molecule has 0 bridgehead atoms. The van der Waals surface area contributed by atoms with Gasteiger partial charge in [0.25, 0.3) is 0 Å². The van der Waals surface area contributed by atoms with Crippen LogP contribution in [0.25, 0.3) is 0 Å². The molecular formula is C9H10BrN. The lowest BCUT2D eigenvalue weighted by Crippen LogP contribution is -1.91. The van der Waals surface area contributed by atoms with E-state index in [1.807, 2.05) is 6.07 Å². The summed E-state index contributed by atoms with van der Waals surface area (Å²) in [6.45, 7) is 0. The predicted molar refractivity (Wildman–Crippen MR) is 50.6 cm³/mol. The minimum absolute atomic E-state index is 0.866. The van der Waals surface area contributed by atoms with Gasteiger partial charge >= 0.3 is 0 Å². The summed E-state index contributed by atoms with van der Waals surface area (Å²) in [5.74, 6) is 0. The van der Waals surface area contributed by atoms with Crippen LogP contribution in [0.15, 0.2) is 16.6 Å². The molecule has 2 rings (SSSR count). The van der Waals surface area contributed by atoms with E-state index >= 15 is 0 Å². The zero-order valence-corrected chi connectivity index (χ0v) is 7.82. The zero-order valence-electron chi connectivity index (χ0n) is 6.23. The summed E-state index contributed by atoms with van der Waals surface area (Å²) in [6, 6.07) is 4.12. The first-order valence-corrected chi connectivity index (χ1v) is 4.64. The fraction of sp³-hybridized carbons (Fsp3) is 0.333. The van der Waals surface area contributed by atoms with Crippen molar-refractivity contribution in [3.05, 3.63) is 27.7 Å². The van der Waals surface area contributed by atoms with E-state index in [4.69, 9.17) is 5.73 Å². The summed E-state index contributed by atoms with van der Waals surface area (Å²) >= 11 is 3.51. The van der Waals surface area contributed by atoms with Crippen LogP contribution < -0.4 is 5.73 Å². The number of halogens is 1. The summed E-state index contributed by atoms with van der Waals surface area (Å²) in [6.07, 6.45) is 3.67. The Morgan fingerprint density at radius 2 is 2.09 bits per heavy atom. The van der Waals surface area contributed by atoms with Gasteiger partial charge in [0.2, 0.25) is 0 Å². The Kier molecular flexibility index (Phi) is 1.64. The maximum Gasteiger partial charge on any atom is 0.0461 e. The fourth-order valence-electron chi connectivity index (χ4n) is 1.64. The molecule has 0 fully saturated rings. The van der Waals surface area contributed by atoms with Gasteiger partial charge in [-0.1, -0.05) is 6.07 Å². The third-order valence-electron chi connectivity index (χ3n) is 2.24. The van der Waals surface area contributed by atoms with E-state index < -0.39 is 0 Å². The summed E-state index contributed by atoms with van der Waals surface area (Å²) in [4.78, 5) is 0. The Labute approximate surface area is 74.7 Å². The van der Waals surface area contributed by atoms with Crippen LogP contribution in [0.4, 0.5) is 5.69 Å². The van der Waals surface area contributed by atoms with Crippen LogP contribution in [0.1, 0.15) is 17.5 Å². The van der Waals surface area contributed by atoms with Gasteiger partial charge in [-0.15, -0.1) is 0 Å². The second-order valence-electron chi connectivity index (χ2n) is 2.96. The average molecular weight is 212 g/mol. The zero-order chi connectivity index (χ0) is 7.84. The molecule has 0 radical (unpaired) electrons. The lowest BCUT2D eigenvalue weighted by atomic mass is 10.1. The van der Waals surface area contributed by atoms with Crippen LogP contribution in [-0.2, 0) is 12.8 Å². The summed E-state index contributed by atoms with van der Waals surface area (Å²) in [5, 5.41) is 0. The van der Waals surface area contributed by atoms with Crippen molar-refractivity contribution in [3.63, 3.8) is 0 Å². The summed E-state index contributed by atoms with van der Waals surface area (Å²) in [5.41, 5.74) is 9.50. The second-order valence-corrected chi connectivity index (χ2v) is 3.75. The standard InChI is InChI=1S/C9H10BrN/c10-9-7-3-1-2-6(7)4-5-8(9)11/h4-5H,1-3,11H2. The molecule has 2 N–H and O–H groups in total. The SMILES string of the molecule is Nc1ccc2c(c1Br)CCC2. The Morgan fingerprint density at radius 1 is 1.27 bits per heavy atom. The maximum absolute atomic E-state index is 5.75. The van der Waals surface area contributed by atoms with Crippen LogP contribution >= 0.6 is 15.9 Å². The van der Waals surface area contributed by atoms with E-state index in [0.717, 1.165) is 10.2 Å². The number of anilines is 1. The van der Waals surface area contributed by atoms with Crippen LogP contribution in [0.5, 0.6) is 0 Å². The molecule has 11 heavy (non-hydrogen) atoms. The van der Waals surface area contributed by atoms with E-state index in [0.29, 0.717) is 0 Å². The minimum atomic E-state index is 0.866. The topological polar surface area (TPSA) is 26.0 Å². The van der Waals surface area contributed by atoms with E-state index in [-0.39, 0.29) is 0 Å². The smallest absolute Gasteiger partial charge is 0.0461 e. The average Bonchev–Trinajstić information content (AvgIpc) is 2.45. The Balaban J connectivity index is 2.62. The molecule has 1 aliphatic rings. The monoisotopic (exact) mass is 211 g/mol. The molecule has 0 spiro atoms. The first-order chi connectivity index (χ1) is 5.29. The number of aryl methyl sites for hydroxylation is 1. The quantitative estimate of drug-likeness (QED) is 0.657. The number of fused-ring (bicyclic) bond motifs is 1. The van der Waals surface area contributed by atoms with Crippen LogP contribution in [0.3, 0.4) is 0 Å². The lowest BCUT2D eigenvalue weighted by Gasteiger charge is -2.04. The number of rotatable bonds is 0. The van der Waals surface area contributed by atoms with Gasteiger partial charge in [-0.3, -0.25) is 0 Å². The van der Waals surface area contributed by atoms with Crippen molar-refractivity contribution in [1.29, 1.82) is 0 Å². The number of nitrogen functional groups attached to an aromatic ring is 1.